The van der Waals surface area contributed by atoms with E-state index in [2.05, 4.69) is 0 Å². The van der Waals surface area contributed by atoms with Crippen LogP contribution in [-0.2, 0) is 11.3 Å². The molecule has 2 heterocycles. The lowest BCUT2D eigenvalue weighted by molar-refractivity contribution is -0.386. The van der Waals surface area contributed by atoms with E-state index in [4.69, 9.17) is 0 Å². The zero-order chi connectivity index (χ0) is 17.1. The summed E-state index contributed by atoms with van der Waals surface area (Å²) in [6, 6.07) is 3.61. The number of nitrogens with zero attached hydrogens (tertiary/aromatic N) is 3. The smallest absolute Gasteiger partial charge is 0.276 e. The summed E-state index contributed by atoms with van der Waals surface area (Å²) in [6.45, 7) is 2.33. The highest BCUT2D eigenvalue weighted by Crippen LogP contribution is 2.28. The highest BCUT2D eigenvalue weighted by Gasteiger charge is 2.34. The lowest BCUT2D eigenvalue weighted by atomic mass is 9.99. The minimum absolute atomic E-state index is 0.0728. The van der Waals surface area contributed by atoms with Crippen LogP contribution in [0.1, 0.15) is 37.7 Å². The van der Waals surface area contributed by atoms with Gasteiger partial charge in [-0.3, -0.25) is 19.8 Å². The quantitative estimate of drug-likeness (QED) is 0.627. The minimum Gasteiger partial charge on any atom is -0.341 e. The van der Waals surface area contributed by atoms with Crippen molar-refractivity contribution < 1.29 is 14.1 Å². The van der Waals surface area contributed by atoms with E-state index >= 15 is 0 Å². The molecule has 2 saturated heterocycles. The summed E-state index contributed by atoms with van der Waals surface area (Å²) in [7, 11) is 0. The maximum atomic E-state index is 14.2. The maximum absolute atomic E-state index is 14.2. The Kier molecular flexibility index (Phi) is 5.08. The third kappa shape index (κ3) is 3.40. The molecule has 3 rings (SSSR count). The Balaban J connectivity index is 1.82. The largest absolute Gasteiger partial charge is 0.341 e. The van der Waals surface area contributed by atoms with E-state index in [0.717, 1.165) is 45.2 Å². The highest BCUT2D eigenvalue weighted by molar-refractivity contribution is 5.82. The first-order chi connectivity index (χ1) is 11.6. The molecular weight excluding hydrogens is 313 g/mol. The van der Waals surface area contributed by atoms with Gasteiger partial charge in [-0.25, -0.2) is 4.39 Å². The predicted octanol–water partition coefficient (Wildman–Crippen LogP) is 2.71. The van der Waals surface area contributed by atoms with Crippen molar-refractivity contribution in [3.63, 3.8) is 0 Å². The third-order valence-electron chi connectivity index (χ3n) is 4.97. The molecule has 0 spiro atoms. The molecule has 1 atom stereocenters. The average molecular weight is 335 g/mol. The van der Waals surface area contributed by atoms with Crippen LogP contribution >= 0.6 is 0 Å². The summed E-state index contributed by atoms with van der Waals surface area (Å²) in [4.78, 5) is 27.2. The topological polar surface area (TPSA) is 66.7 Å². The van der Waals surface area contributed by atoms with Gasteiger partial charge in [-0.2, -0.15) is 0 Å². The lowest BCUT2D eigenvalue weighted by Gasteiger charge is -2.36. The lowest BCUT2D eigenvalue weighted by Crippen LogP contribution is -2.50. The number of piperidine rings is 1. The zero-order valence-corrected chi connectivity index (χ0v) is 13.6. The Labute approximate surface area is 140 Å². The highest BCUT2D eigenvalue weighted by atomic mass is 19.1. The molecule has 1 aromatic carbocycles. The fraction of sp³-hybridized carbons (Fsp3) is 0.588. The number of carbonyl (C=O) groups is 1. The molecule has 2 aliphatic rings. The number of halogens is 1. The van der Waals surface area contributed by atoms with Gasteiger partial charge in [0.1, 0.15) is 5.82 Å². The van der Waals surface area contributed by atoms with Crippen LogP contribution in [0.2, 0.25) is 0 Å². The zero-order valence-electron chi connectivity index (χ0n) is 13.6. The molecule has 0 aromatic heterocycles. The van der Waals surface area contributed by atoms with Crippen LogP contribution in [0.5, 0.6) is 0 Å². The van der Waals surface area contributed by atoms with E-state index in [1.807, 2.05) is 9.80 Å². The average Bonchev–Trinajstić information content (AvgIpc) is 3.11. The minimum atomic E-state index is -0.581. The fourth-order valence-corrected chi connectivity index (χ4v) is 3.69. The fourth-order valence-electron chi connectivity index (χ4n) is 3.69. The molecule has 1 aromatic rings. The Morgan fingerprint density at radius 2 is 1.92 bits per heavy atom. The SMILES string of the molecule is O=C(C1CCCCN1Cc1c(F)cccc1[N+](=O)[O-])N1CCCC1. The van der Waals surface area contributed by atoms with Crippen molar-refractivity contribution in [3.8, 4) is 0 Å². The standard InChI is InChI=1S/C17H22FN3O3/c18-14-6-5-8-15(21(23)24)13(14)12-20-11-2-1-7-16(20)17(22)19-9-3-4-10-19/h5-6,8,16H,1-4,7,9-12H2. The molecule has 1 amide bonds. The molecule has 1 unspecified atom stereocenters. The first kappa shape index (κ1) is 16.8. The van der Waals surface area contributed by atoms with Gasteiger partial charge in [-0.15, -0.1) is 0 Å². The third-order valence-corrected chi connectivity index (χ3v) is 4.97. The van der Waals surface area contributed by atoms with Gasteiger partial charge in [0, 0.05) is 25.7 Å². The van der Waals surface area contributed by atoms with Gasteiger partial charge in [0.2, 0.25) is 5.91 Å². The number of hydrogen-bond donors (Lipinski definition) is 0. The summed E-state index contributed by atoms with van der Waals surface area (Å²) < 4.78 is 14.2. The van der Waals surface area contributed by atoms with Crippen LogP contribution in [0.3, 0.4) is 0 Å². The Hall–Kier alpha value is -2.02. The molecule has 2 aliphatic heterocycles. The molecular formula is C17H22FN3O3. The number of nitro groups is 1. The number of amides is 1. The van der Waals surface area contributed by atoms with E-state index in [1.54, 1.807) is 0 Å². The second-order valence-corrected chi connectivity index (χ2v) is 6.51. The van der Waals surface area contributed by atoms with Crippen LogP contribution in [0, 0.1) is 15.9 Å². The second kappa shape index (κ2) is 7.25. The predicted molar refractivity (Wildman–Crippen MR) is 86.9 cm³/mol. The van der Waals surface area contributed by atoms with E-state index in [0.29, 0.717) is 6.54 Å². The van der Waals surface area contributed by atoms with E-state index in [9.17, 15) is 19.3 Å². The van der Waals surface area contributed by atoms with E-state index in [1.165, 1.54) is 18.2 Å². The van der Waals surface area contributed by atoms with Gasteiger partial charge >= 0.3 is 0 Å². The van der Waals surface area contributed by atoms with Crippen molar-refractivity contribution in [2.45, 2.75) is 44.7 Å². The van der Waals surface area contributed by atoms with Gasteiger partial charge in [0.25, 0.3) is 5.69 Å². The summed E-state index contributed by atoms with van der Waals surface area (Å²) in [5, 5.41) is 11.2. The summed E-state index contributed by atoms with van der Waals surface area (Å²) in [5.74, 6) is -0.492. The van der Waals surface area contributed by atoms with Crippen LogP contribution < -0.4 is 0 Å². The first-order valence-electron chi connectivity index (χ1n) is 8.52. The molecule has 7 heteroatoms. The first-order valence-corrected chi connectivity index (χ1v) is 8.52. The van der Waals surface area contributed by atoms with Gasteiger partial charge < -0.3 is 4.90 Å². The molecule has 6 nitrogen and oxygen atoms in total. The van der Waals surface area contributed by atoms with Gasteiger partial charge in [0.05, 0.1) is 16.5 Å². The van der Waals surface area contributed by atoms with Crippen LogP contribution in [-0.4, -0.2) is 46.3 Å². The van der Waals surface area contributed by atoms with Crippen LogP contribution in [0.15, 0.2) is 18.2 Å². The molecule has 2 fully saturated rings. The summed E-state index contributed by atoms with van der Waals surface area (Å²) in [5.41, 5.74) is -0.142. The van der Waals surface area contributed by atoms with Crippen molar-refractivity contribution in [3.05, 3.63) is 39.7 Å². The van der Waals surface area contributed by atoms with Gasteiger partial charge in [0.15, 0.2) is 0 Å². The molecule has 130 valence electrons. The number of carbonyl (C=O) groups excluding carboxylic acids is 1. The Morgan fingerprint density at radius 1 is 1.21 bits per heavy atom. The molecule has 0 aliphatic carbocycles. The summed E-state index contributed by atoms with van der Waals surface area (Å²) in [6.07, 6.45) is 4.66. The van der Waals surface area contributed by atoms with Crippen molar-refractivity contribution in [2.24, 2.45) is 0 Å². The molecule has 24 heavy (non-hydrogen) atoms. The van der Waals surface area contributed by atoms with E-state index in [-0.39, 0.29) is 29.7 Å². The number of likely N-dealkylation sites (tertiary alicyclic amines) is 2. The Morgan fingerprint density at radius 3 is 2.62 bits per heavy atom. The van der Waals surface area contributed by atoms with Crippen LogP contribution in [0.4, 0.5) is 10.1 Å². The number of rotatable bonds is 4. The van der Waals surface area contributed by atoms with Crippen molar-refractivity contribution in [2.75, 3.05) is 19.6 Å². The molecule has 0 saturated carbocycles. The molecule has 0 N–H and O–H groups in total. The summed E-state index contributed by atoms with van der Waals surface area (Å²) >= 11 is 0. The van der Waals surface area contributed by atoms with Crippen molar-refractivity contribution in [1.82, 2.24) is 9.80 Å². The van der Waals surface area contributed by atoms with Gasteiger partial charge in [-0.05, 0) is 38.3 Å². The maximum Gasteiger partial charge on any atom is 0.276 e. The van der Waals surface area contributed by atoms with Crippen molar-refractivity contribution in [1.29, 1.82) is 0 Å². The number of nitro benzene ring substituents is 1. The monoisotopic (exact) mass is 335 g/mol. The number of benzene rings is 1. The number of hydrogen-bond acceptors (Lipinski definition) is 4. The van der Waals surface area contributed by atoms with Gasteiger partial charge in [-0.1, -0.05) is 12.5 Å². The van der Waals surface area contributed by atoms with E-state index < -0.39 is 10.7 Å². The molecule has 0 radical (unpaired) electrons. The van der Waals surface area contributed by atoms with Crippen LogP contribution in [0.25, 0.3) is 0 Å². The van der Waals surface area contributed by atoms with Crippen molar-refractivity contribution >= 4 is 11.6 Å². The normalized spacial score (nSPS) is 21.9. The Bertz CT molecular complexity index is 632. The second-order valence-electron chi connectivity index (χ2n) is 6.51. The molecule has 0 bridgehead atoms.